The summed E-state index contributed by atoms with van der Waals surface area (Å²) in [5.41, 5.74) is 2.58. The molecule has 30 heavy (non-hydrogen) atoms. The monoisotopic (exact) mass is 423 g/mol. The maximum atomic E-state index is 12.7. The number of carbonyl (C=O) groups is 1. The van der Waals surface area contributed by atoms with E-state index in [9.17, 15) is 14.7 Å². The molecule has 152 valence electrons. The molecule has 8 heteroatoms. The van der Waals surface area contributed by atoms with Gasteiger partial charge in [-0.3, -0.25) is 9.36 Å². The first-order chi connectivity index (χ1) is 14.4. The topological polar surface area (TPSA) is 86.3 Å². The zero-order valence-electron chi connectivity index (χ0n) is 16.1. The van der Waals surface area contributed by atoms with E-state index in [1.807, 2.05) is 0 Å². The van der Waals surface area contributed by atoms with Crippen LogP contribution < -0.4 is 10.3 Å². The maximum absolute atomic E-state index is 12.7. The Hall–Kier alpha value is -3.58. The zero-order valence-corrected chi connectivity index (χ0v) is 16.8. The van der Waals surface area contributed by atoms with E-state index in [1.54, 1.807) is 60.3 Å². The van der Waals surface area contributed by atoms with Crippen LogP contribution in [0.15, 0.2) is 65.8 Å². The number of aryl methyl sites for hydroxylation is 1. The van der Waals surface area contributed by atoms with Gasteiger partial charge >= 0.3 is 5.97 Å². The highest BCUT2D eigenvalue weighted by Gasteiger charge is 2.12. The van der Waals surface area contributed by atoms with Gasteiger partial charge in [-0.05, 0) is 42.0 Å². The molecule has 0 saturated carbocycles. The summed E-state index contributed by atoms with van der Waals surface area (Å²) in [5.74, 6) is -0.466. The molecule has 7 nitrogen and oxygen atoms in total. The summed E-state index contributed by atoms with van der Waals surface area (Å²) in [7, 11) is 1.80. The second-order valence-corrected chi connectivity index (χ2v) is 7.21. The predicted molar refractivity (Wildman–Crippen MR) is 114 cm³/mol. The largest absolute Gasteiger partial charge is 0.491 e. The molecular formula is C22H18ClN3O4. The lowest BCUT2D eigenvalue weighted by Crippen LogP contribution is -2.24. The predicted octanol–water partition coefficient (Wildman–Crippen LogP) is 3.83. The molecule has 0 radical (unpaired) electrons. The van der Waals surface area contributed by atoms with E-state index in [1.165, 1.54) is 17.0 Å². The number of hydrogen-bond donors (Lipinski definition) is 1. The number of nitrogens with zero attached hydrogens (tertiary/aromatic N) is 3. The van der Waals surface area contributed by atoms with Crippen LogP contribution in [0.2, 0.25) is 5.02 Å². The van der Waals surface area contributed by atoms with Crippen molar-refractivity contribution in [2.45, 2.75) is 6.54 Å². The number of ether oxygens (including phenoxy) is 1. The van der Waals surface area contributed by atoms with Gasteiger partial charge in [0.15, 0.2) is 0 Å². The number of fused-ring (bicyclic) bond motifs is 1. The maximum Gasteiger partial charge on any atom is 0.335 e. The number of benzene rings is 2. The fourth-order valence-corrected chi connectivity index (χ4v) is 3.46. The molecule has 0 spiro atoms. The normalized spacial score (nSPS) is 11.0. The van der Waals surface area contributed by atoms with Crippen molar-refractivity contribution >= 4 is 28.6 Å². The molecule has 4 rings (SSSR count). The van der Waals surface area contributed by atoms with Gasteiger partial charge in [0.25, 0.3) is 5.56 Å². The number of aromatic carboxylic acids is 1. The van der Waals surface area contributed by atoms with Crippen molar-refractivity contribution in [1.29, 1.82) is 0 Å². The van der Waals surface area contributed by atoms with Crippen LogP contribution in [0.3, 0.4) is 0 Å². The Morgan fingerprint density at radius 3 is 2.83 bits per heavy atom. The smallest absolute Gasteiger partial charge is 0.335 e. The van der Waals surface area contributed by atoms with Gasteiger partial charge in [-0.25, -0.2) is 9.78 Å². The van der Waals surface area contributed by atoms with Gasteiger partial charge in [0.05, 0.1) is 24.0 Å². The van der Waals surface area contributed by atoms with Crippen molar-refractivity contribution in [3.05, 3.63) is 82.0 Å². The van der Waals surface area contributed by atoms with Gasteiger partial charge in [0.2, 0.25) is 0 Å². The number of carboxylic acid groups (broad SMARTS) is 1. The van der Waals surface area contributed by atoms with Crippen molar-refractivity contribution in [3.8, 4) is 16.9 Å². The van der Waals surface area contributed by atoms with Gasteiger partial charge < -0.3 is 14.4 Å². The minimum atomic E-state index is -1.01. The Kier molecular flexibility index (Phi) is 5.29. The van der Waals surface area contributed by atoms with Gasteiger partial charge in [-0.1, -0.05) is 23.7 Å². The molecule has 2 aromatic carbocycles. The van der Waals surface area contributed by atoms with E-state index in [0.29, 0.717) is 39.5 Å². The molecular weight excluding hydrogens is 406 g/mol. The molecule has 1 N–H and O–H groups in total. The van der Waals surface area contributed by atoms with E-state index in [0.717, 1.165) is 0 Å². The molecule has 0 fully saturated rings. The number of halogens is 1. The minimum Gasteiger partial charge on any atom is -0.491 e. The highest BCUT2D eigenvalue weighted by atomic mass is 35.5. The Bertz CT molecular complexity index is 1310. The lowest BCUT2D eigenvalue weighted by atomic mass is 10.0. The van der Waals surface area contributed by atoms with Crippen molar-refractivity contribution in [3.63, 3.8) is 0 Å². The molecule has 0 aliphatic heterocycles. The first-order valence-electron chi connectivity index (χ1n) is 9.20. The number of rotatable bonds is 6. The quantitative estimate of drug-likeness (QED) is 0.509. The third kappa shape index (κ3) is 3.79. The van der Waals surface area contributed by atoms with Gasteiger partial charge in [0, 0.05) is 23.8 Å². The average molecular weight is 424 g/mol. The third-order valence-electron chi connectivity index (χ3n) is 4.80. The standard InChI is InChI=1S/C22H18ClN3O4/c1-25-8-7-18-20(25)21(27)26(13-24-18)9-10-30-19-6-5-16(23)12-17(19)14-3-2-4-15(11-14)22(28)29/h2-8,11-13H,9-10H2,1H3,(H,28,29). The molecule has 0 saturated heterocycles. The fourth-order valence-electron chi connectivity index (χ4n) is 3.29. The van der Waals surface area contributed by atoms with Crippen LogP contribution in [-0.4, -0.2) is 31.8 Å². The van der Waals surface area contributed by atoms with Crippen LogP contribution in [0.25, 0.3) is 22.2 Å². The van der Waals surface area contributed by atoms with Crippen LogP contribution >= 0.6 is 11.6 Å². The Morgan fingerprint density at radius 2 is 2.03 bits per heavy atom. The molecule has 0 unspecified atom stereocenters. The minimum absolute atomic E-state index is 0.137. The van der Waals surface area contributed by atoms with Crippen molar-refractivity contribution < 1.29 is 14.6 Å². The van der Waals surface area contributed by atoms with Crippen LogP contribution in [-0.2, 0) is 13.6 Å². The molecule has 0 bridgehead atoms. The lowest BCUT2D eigenvalue weighted by molar-refractivity contribution is 0.0697. The SMILES string of the molecule is Cn1ccc2ncn(CCOc3ccc(Cl)cc3-c3cccc(C(=O)O)c3)c(=O)c21. The Labute approximate surface area is 176 Å². The number of aromatic nitrogens is 3. The van der Waals surface area contributed by atoms with Crippen LogP contribution in [0.4, 0.5) is 0 Å². The zero-order chi connectivity index (χ0) is 21.3. The summed E-state index contributed by atoms with van der Waals surface area (Å²) in [5, 5.41) is 9.76. The van der Waals surface area contributed by atoms with Crippen molar-refractivity contribution in [2.75, 3.05) is 6.61 Å². The second kappa shape index (κ2) is 8.04. The number of carboxylic acids is 1. The summed E-state index contributed by atoms with van der Waals surface area (Å²) in [6.07, 6.45) is 3.30. The van der Waals surface area contributed by atoms with E-state index in [-0.39, 0.29) is 17.7 Å². The Morgan fingerprint density at radius 1 is 1.20 bits per heavy atom. The van der Waals surface area contributed by atoms with Gasteiger partial charge in [-0.2, -0.15) is 0 Å². The summed E-state index contributed by atoms with van der Waals surface area (Å²) >= 11 is 6.15. The lowest BCUT2D eigenvalue weighted by Gasteiger charge is -2.13. The van der Waals surface area contributed by atoms with Crippen LogP contribution in [0.1, 0.15) is 10.4 Å². The summed E-state index contributed by atoms with van der Waals surface area (Å²) < 4.78 is 9.18. The summed E-state index contributed by atoms with van der Waals surface area (Å²) in [6.45, 7) is 0.537. The third-order valence-corrected chi connectivity index (χ3v) is 5.04. The van der Waals surface area contributed by atoms with Crippen molar-refractivity contribution in [1.82, 2.24) is 14.1 Å². The summed E-state index contributed by atoms with van der Waals surface area (Å²) in [6, 6.07) is 13.5. The molecule has 0 aliphatic rings. The first-order valence-corrected chi connectivity index (χ1v) is 9.58. The molecule has 0 amide bonds. The molecule has 4 aromatic rings. The summed E-state index contributed by atoms with van der Waals surface area (Å²) in [4.78, 5) is 28.3. The Balaban J connectivity index is 1.58. The average Bonchev–Trinajstić information content (AvgIpc) is 3.12. The van der Waals surface area contributed by atoms with Crippen LogP contribution in [0.5, 0.6) is 5.75 Å². The van der Waals surface area contributed by atoms with Gasteiger partial charge in [-0.15, -0.1) is 0 Å². The second-order valence-electron chi connectivity index (χ2n) is 6.78. The van der Waals surface area contributed by atoms with Gasteiger partial charge in [0.1, 0.15) is 17.9 Å². The van der Waals surface area contributed by atoms with E-state index < -0.39 is 5.97 Å². The molecule has 0 aliphatic carbocycles. The molecule has 2 aromatic heterocycles. The van der Waals surface area contributed by atoms with Crippen molar-refractivity contribution in [2.24, 2.45) is 7.05 Å². The number of hydrogen-bond acceptors (Lipinski definition) is 4. The fraction of sp³-hybridized carbons (Fsp3) is 0.136. The van der Waals surface area contributed by atoms with E-state index in [4.69, 9.17) is 16.3 Å². The van der Waals surface area contributed by atoms with E-state index >= 15 is 0 Å². The van der Waals surface area contributed by atoms with E-state index in [2.05, 4.69) is 4.98 Å². The molecule has 2 heterocycles. The van der Waals surface area contributed by atoms with Crippen LogP contribution in [0, 0.1) is 0 Å². The highest BCUT2D eigenvalue weighted by Crippen LogP contribution is 2.33. The highest BCUT2D eigenvalue weighted by molar-refractivity contribution is 6.31. The first kappa shape index (κ1) is 19.7. The molecule has 0 atom stereocenters.